The van der Waals surface area contributed by atoms with Crippen LogP contribution in [0, 0.1) is 13.8 Å². The Morgan fingerprint density at radius 3 is 2.67 bits per heavy atom. The van der Waals surface area contributed by atoms with Crippen LogP contribution in [0.2, 0.25) is 5.02 Å². The zero-order valence-electron chi connectivity index (χ0n) is 9.56. The Morgan fingerprint density at radius 1 is 1.47 bits per heavy atom. The van der Waals surface area contributed by atoms with Gasteiger partial charge < -0.3 is 4.74 Å². The molecule has 1 rings (SSSR count). The molecule has 82 valence electrons. The molecule has 0 heterocycles. The molecule has 1 aromatic rings. The van der Waals surface area contributed by atoms with Gasteiger partial charge in [-0.3, -0.25) is 0 Å². The molecule has 0 unspecified atom stereocenters. The van der Waals surface area contributed by atoms with Gasteiger partial charge in [0.2, 0.25) is 0 Å². The van der Waals surface area contributed by atoms with Gasteiger partial charge >= 0.3 is 0 Å². The van der Waals surface area contributed by atoms with Crippen molar-refractivity contribution in [2.45, 2.75) is 26.7 Å². The predicted molar refractivity (Wildman–Crippen MR) is 66.0 cm³/mol. The van der Waals surface area contributed by atoms with E-state index in [4.69, 9.17) is 16.3 Å². The minimum atomic E-state index is 0.812. The second-order valence-electron chi connectivity index (χ2n) is 3.64. The van der Waals surface area contributed by atoms with Gasteiger partial charge in [0.15, 0.2) is 0 Å². The summed E-state index contributed by atoms with van der Waals surface area (Å²) < 4.78 is 5.42. The molecule has 0 aliphatic carbocycles. The van der Waals surface area contributed by atoms with E-state index >= 15 is 0 Å². The van der Waals surface area contributed by atoms with Crippen molar-refractivity contribution >= 4 is 11.6 Å². The van der Waals surface area contributed by atoms with Gasteiger partial charge in [0.1, 0.15) is 5.75 Å². The lowest BCUT2D eigenvalue weighted by atomic mass is 9.99. The first-order chi connectivity index (χ1) is 7.11. The summed E-state index contributed by atoms with van der Waals surface area (Å²) >= 11 is 6.15. The fourth-order valence-electron chi connectivity index (χ4n) is 1.75. The van der Waals surface area contributed by atoms with E-state index in [1.807, 2.05) is 26.0 Å². The fraction of sp³-hybridized carbons (Fsp3) is 0.385. The van der Waals surface area contributed by atoms with Gasteiger partial charge in [0, 0.05) is 5.02 Å². The lowest BCUT2D eigenvalue weighted by Gasteiger charge is -2.15. The van der Waals surface area contributed by atoms with Crippen molar-refractivity contribution in [1.29, 1.82) is 0 Å². The Kier molecular flexibility index (Phi) is 4.22. The summed E-state index contributed by atoms with van der Waals surface area (Å²) in [5.74, 6) is 0.957. The van der Waals surface area contributed by atoms with Crippen molar-refractivity contribution in [2.24, 2.45) is 0 Å². The molecule has 0 bridgehead atoms. The smallest absolute Gasteiger partial charge is 0.125 e. The predicted octanol–water partition coefficient (Wildman–Crippen LogP) is 4.08. The van der Waals surface area contributed by atoms with E-state index in [1.54, 1.807) is 7.11 Å². The van der Waals surface area contributed by atoms with Gasteiger partial charge in [-0.25, -0.2) is 0 Å². The maximum atomic E-state index is 6.15. The van der Waals surface area contributed by atoms with Crippen molar-refractivity contribution in [2.75, 3.05) is 7.11 Å². The summed E-state index contributed by atoms with van der Waals surface area (Å²) in [5.41, 5.74) is 3.40. The van der Waals surface area contributed by atoms with Crippen molar-refractivity contribution in [1.82, 2.24) is 0 Å². The lowest BCUT2D eigenvalue weighted by molar-refractivity contribution is 0.406. The number of ether oxygens (including phenoxy) is 1. The molecule has 0 aromatic heterocycles. The molecule has 0 saturated carbocycles. The third-order valence-corrected chi connectivity index (χ3v) is 2.98. The van der Waals surface area contributed by atoms with Crippen LogP contribution in [0.3, 0.4) is 0 Å². The average molecular weight is 225 g/mol. The molecule has 0 N–H and O–H groups in total. The van der Waals surface area contributed by atoms with E-state index in [-0.39, 0.29) is 0 Å². The summed E-state index contributed by atoms with van der Waals surface area (Å²) in [4.78, 5) is 0. The number of allylic oxidation sites excluding steroid dienone is 1. The molecular formula is C13H17ClO. The van der Waals surface area contributed by atoms with Crippen LogP contribution in [0.1, 0.15) is 23.1 Å². The van der Waals surface area contributed by atoms with Gasteiger partial charge in [-0.1, -0.05) is 17.7 Å². The highest BCUT2D eigenvalue weighted by Crippen LogP contribution is 2.32. The molecule has 0 atom stereocenters. The highest BCUT2D eigenvalue weighted by atomic mass is 35.5. The molecule has 2 heteroatoms. The van der Waals surface area contributed by atoms with Crippen LogP contribution >= 0.6 is 11.6 Å². The Hall–Kier alpha value is -0.950. The second-order valence-corrected chi connectivity index (χ2v) is 4.05. The topological polar surface area (TPSA) is 9.23 Å². The first kappa shape index (κ1) is 12.1. The van der Waals surface area contributed by atoms with E-state index in [1.165, 1.54) is 5.56 Å². The number of hydrogen-bond acceptors (Lipinski definition) is 1. The summed E-state index contributed by atoms with van der Waals surface area (Å²) in [6, 6.07) is 1.95. The van der Waals surface area contributed by atoms with Gasteiger partial charge in [-0.2, -0.15) is 0 Å². The zero-order chi connectivity index (χ0) is 11.4. The number of hydrogen-bond donors (Lipinski definition) is 0. The minimum absolute atomic E-state index is 0.812. The van der Waals surface area contributed by atoms with E-state index in [0.29, 0.717) is 0 Å². The van der Waals surface area contributed by atoms with Crippen LogP contribution in [0.25, 0.3) is 0 Å². The third kappa shape index (κ3) is 2.54. The Labute approximate surface area is 96.7 Å². The summed E-state index contributed by atoms with van der Waals surface area (Å²) in [6.07, 6.45) is 3.78. The average Bonchev–Trinajstić information content (AvgIpc) is 2.21. The molecule has 0 fully saturated rings. The van der Waals surface area contributed by atoms with Crippen LogP contribution in [-0.2, 0) is 6.42 Å². The van der Waals surface area contributed by atoms with Crippen LogP contribution < -0.4 is 4.74 Å². The summed E-state index contributed by atoms with van der Waals surface area (Å²) in [7, 11) is 1.70. The van der Waals surface area contributed by atoms with Crippen LogP contribution in [-0.4, -0.2) is 7.11 Å². The van der Waals surface area contributed by atoms with Gasteiger partial charge in [-0.15, -0.1) is 6.58 Å². The van der Waals surface area contributed by atoms with E-state index in [2.05, 4.69) is 6.58 Å². The molecule has 0 aliphatic heterocycles. The summed E-state index contributed by atoms with van der Waals surface area (Å²) in [6.45, 7) is 7.78. The van der Waals surface area contributed by atoms with Crippen molar-refractivity contribution in [3.63, 3.8) is 0 Å². The van der Waals surface area contributed by atoms with Gasteiger partial charge in [0.05, 0.1) is 7.11 Å². The van der Waals surface area contributed by atoms with E-state index < -0.39 is 0 Å². The molecule has 0 spiro atoms. The van der Waals surface area contributed by atoms with Crippen molar-refractivity contribution in [3.05, 3.63) is 40.4 Å². The Morgan fingerprint density at radius 2 is 2.13 bits per heavy atom. The highest BCUT2D eigenvalue weighted by molar-refractivity contribution is 6.31. The summed E-state index contributed by atoms with van der Waals surface area (Å²) in [5, 5.41) is 0.812. The number of aryl methyl sites for hydroxylation is 1. The van der Waals surface area contributed by atoms with Gasteiger partial charge in [0.25, 0.3) is 0 Å². The first-order valence-electron chi connectivity index (χ1n) is 5.05. The number of benzene rings is 1. The first-order valence-corrected chi connectivity index (χ1v) is 5.43. The third-order valence-electron chi connectivity index (χ3n) is 2.59. The lowest BCUT2D eigenvalue weighted by Crippen LogP contribution is -1.98. The maximum absolute atomic E-state index is 6.15. The SMILES string of the molecule is C=CCCc1c(C)c(Cl)cc(C)c1OC. The number of methoxy groups -OCH3 is 1. The Balaban J connectivity index is 3.23. The molecule has 1 nitrogen and oxygen atoms in total. The molecular weight excluding hydrogens is 208 g/mol. The quantitative estimate of drug-likeness (QED) is 0.701. The molecule has 0 amide bonds. The maximum Gasteiger partial charge on any atom is 0.125 e. The van der Waals surface area contributed by atoms with Crippen LogP contribution in [0.15, 0.2) is 18.7 Å². The molecule has 1 aromatic carbocycles. The van der Waals surface area contributed by atoms with Gasteiger partial charge in [-0.05, 0) is 49.4 Å². The van der Waals surface area contributed by atoms with Crippen molar-refractivity contribution in [3.8, 4) is 5.75 Å². The molecule has 15 heavy (non-hydrogen) atoms. The van der Waals surface area contributed by atoms with Crippen LogP contribution in [0.5, 0.6) is 5.75 Å². The minimum Gasteiger partial charge on any atom is -0.496 e. The van der Waals surface area contributed by atoms with Crippen molar-refractivity contribution < 1.29 is 4.74 Å². The Bertz CT molecular complexity index is 369. The monoisotopic (exact) mass is 224 g/mol. The number of halogens is 1. The largest absolute Gasteiger partial charge is 0.496 e. The molecule has 0 radical (unpaired) electrons. The zero-order valence-corrected chi connectivity index (χ0v) is 10.3. The fourth-order valence-corrected chi connectivity index (χ4v) is 2.03. The van der Waals surface area contributed by atoms with Crippen LogP contribution in [0.4, 0.5) is 0 Å². The highest BCUT2D eigenvalue weighted by Gasteiger charge is 2.12. The van der Waals surface area contributed by atoms with E-state index in [0.717, 1.165) is 34.7 Å². The molecule has 0 saturated heterocycles. The second kappa shape index (κ2) is 5.22. The number of rotatable bonds is 4. The normalized spacial score (nSPS) is 10.1. The molecule has 0 aliphatic rings. The van der Waals surface area contributed by atoms with E-state index in [9.17, 15) is 0 Å². The standard InChI is InChI=1S/C13H17ClO/c1-5-6-7-11-10(3)12(14)8-9(2)13(11)15-4/h5,8H,1,6-7H2,2-4H3.